The number of carbonyl (C=O) groups excluding carboxylic acids is 1. The van der Waals surface area contributed by atoms with Crippen LogP contribution in [0.5, 0.6) is 0 Å². The van der Waals surface area contributed by atoms with E-state index in [0.29, 0.717) is 12.3 Å². The van der Waals surface area contributed by atoms with Crippen LogP contribution in [0.3, 0.4) is 0 Å². The molecule has 0 aliphatic rings. The second-order valence-electron chi connectivity index (χ2n) is 4.89. The third-order valence-electron chi connectivity index (χ3n) is 1.54. The number of hydrogen-bond acceptors (Lipinski definition) is 3. The second-order valence-corrected chi connectivity index (χ2v) is 4.89. The minimum atomic E-state index is -0.491. The number of rotatable bonds is 4. The lowest BCUT2D eigenvalue weighted by Gasteiger charge is -2.19. The van der Waals surface area contributed by atoms with Gasteiger partial charge >= 0.3 is 6.09 Å². The van der Waals surface area contributed by atoms with Crippen molar-refractivity contribution in [2.24, 2.45) is 4.99 Å². The summed E-state index contributed by atoms with van der Waals surface area (Å²) in [4.78, 5) is 15.6. The van der Waals surface area contributed by atoms with Gasteiger partial charge in [-0.1, -0.05) is 12.2 Å². The fraction of sp³-hybridized carbons (Fsp3) is 0.538. The first kappa shape index (κ1) is 15.4. The summed E-state index contributed by atoms with van der Waals surface area (Å²) in [5, 5.41) is 2.62. The Labute approximate surface area is 103 Å². The third kappa shape index (κ3) is 9.35. The molecule has 0 heterocycles. The molecule has 4 heteroatoms. The van der Waals surface area contributed by atoms with Gasteiger partial charge in [-0.25, -0.2) is 4.79 Å². The van der Waals surface area contributed by atoms with Gasteiger partial charge in [-0.3, -0.25) is 4.99 Å². The Balaban J connectivity index is 4.26. The first-order valence-corrected chi connectivity index (χ1v) is 5.54. The largest absolute Gasteiger partial charge is 0.444 e. The first-order chi connectivity index (χ1) is 7.74. The number of ether oxygens (including phenoxy) is 1. The van der Waals surface area contributed by atoms with E-state index in [2.05, 4.69) is 16.9 Å². The van der Waals surface area contributed by atoms with E-state index in [0.717, 1.165) is 5.57 Å². The van der Waals surface area contributed by atoms with E-state index in [1.165, 1.54) is 0 Å². The van der Waals surface area contributed by atoms with Gasteiger partial charge < -0.3 is 10.1 Å². The molecule has 0 spiro atoms. The van der Waals surface area contributed by atoms with Gasteiger partial charge in [-0.05, 0) is 40.7 Å². The highest BCUT2D eigenvalue weighted by Gasteiger charge is 2.15. The van der Waals surface area contributed by atoms with Crippen molar-refractivity contribution in [1.29, 1.82) is 0 Å². The van der Waals surface area contributed by atoms with Crippen molar-refractivity contribution in [2.45, 2.75) is 40.2 Å². The molecule has 0 aromatic rings. The van der Waals surface area contributed by atoms with Gasteiger partial charge in [-0.2, -0.15) is 0 Å². The SMILES string of the molecule is C=CC(CNC(=O)OC(C)(C)C)=NC=C(C)C. The molecule has 96 valence electrons. The van der Waals surface area contributed by atoms with E-state index in [1.807, 2.05) is 34.6 Å². The number of alkyl carbamates (subject to hydrolysis) is 1. The highest BCUT2D eigenvalue weighted by Crippen LogP contribution is 2.06. The van der Waals surface area contributed by atoms with Crippen molar-refractivity contribution in [1.82, 2.24) is 5.32 Å². The van der Waals surface area contributed by atoms with Crippen LogP contribution in [0.1, 0.15) is 34.6 Å². The number of carbonyl (C=O) groups is 1. The van der Waals surface area contributed by atoms with Crippen molar-refractivity contribution in [3.63, 3.8) is 0 Å². The maximum Gasteiger partial charge on any atom is 0.407 e. The van der Waals surface area contributed by atoms with Crippen molar-refractivity contribution in [2.75, 3.05) is 6.54 Å². The summed E-state index contributed by atoms with van der Waals surface area (Å²) in [6.45, 7) is 13.3. The molecule has 0 unspecified atom stereocenters. The summed E-state index contributed by atoms with van der Waals surface area (Å²) >= 11 is 0. The lowest BCUT2D eigenvalue weighted by Crippen LogP contribution is -2.35. The van der Waals surface area contributed by atoms with Gasteiger partial charge in [0.1, 0.15) is 5.60 Å². The summed E-state index contributed by atoms with van der Waals surface area (Å²) in [5.74, 6) is 0. The van der Waals surface area contributed by atoms with E-state index in [-0.39, 0.29) is 0 Å². The molecule has 0 aliphatic heterocycles. The van der Waals surface area contributed by atoms with Gasteiger partial charge in [0, 0.05) is 6.20 Å². The standard InChI is InChI=1S/C13H22N2O2/c1-7-11(14-8-10(2)3)9-15-12(16)17-13(4,5)6/h7-8H,1,9H2,2-6H3,(H,15,16). The van der Waals surface area contributed by atoms with Crippen LogP contribution < -0.4 is 5.32 Å². The Hall–Kier alpha value is -1.58. The Bertz CT molecular complexity index is 332. The molecule has 1 amide bonds. The van der Waals surface area contributed by atoms with Crippen LogP contribution >= 0.6 is 0 Å². The van der Waals surface area contributed by atoms with E-state index in [4.69, 9.17) is 4.74 Å². The number of nitrogens with one attached hydrogen (secondary N) is 1. The summed E-state index contributed by atoms with van der Waals surface area (Å²) in [6.07, 6.45) is 2.88. The fourth-order valence-corrected chi connectivity index (χ4v) is 0.859. The summed E-state index contributed by atoms with van der Waals surface area (Å²) < 4.78 is 5.10. The second kappa shape index (κ2) is 6.89. The minimum Gasteiger partial charge on any atom is -0.444 e. The number of nitrogens with zero attached hydrogens (tertiary/aromatic N) is 1. The van der Waals surface area contributed by atoms with Crippen LogP contribution in [0.4, 0.5) is 4.79 Å². The molecule has 0 aliphatic carbocycles. The first-order valence-electron chi connectivity index (χ1n) is 5.54. The number of allylic oxidation sites excluding steroid dienone is 1. The predicted molar refractivity (Wildman–Crippen MR) is 71.3 cm³/mol. The lowest BCUT2D eigenvalue weighted by atomic mass is 10.2. The molecule has 0 bridgehead atoms. The molecule has 0 rings (SSSR count). The topological polar surface area (TPSA) is 50.7 Å². The number of amides is 1. The highest BCUT2D eigenvalue weighted by molar-refractivity contribution is 5.98. The van der Waals surface area contributed by atoms with Gasteiger partial charge in [0.25, 0.3) is 0 Å². The maximum absolute atomic E-state index is 11.4. The molecule has 0 radical (unpaired) electrons. The Morgan fingerprint density at radius 3 is 2.41 bits per heavy atom. The molecule has 0 aromatic heterocycles. The van der Waals surface area contributed by atoms with Gasteiger partial charge in [0.15, 0.2) is 0 Å². The lowest BCUT2D eigenvalue weighted by molar-refractivity contribution is 0.0536. The van der Waals surface area contributed by atoms with Gasteiger partial charge in [0.2, 0.25) is 0 Å². The van der Waals surface area contributed by atoms with Crippen molar-refractivity contribution >= 4 is 11.8 Å². The number of hydrogen-bond donors (Lipinski definition) is 1. The zero-order chi connectivity index (χ0) is 13.5. The summed E-state index contributed by atoms with van der Waals surface area (Å²) in [7, 11) is 0. The van der Waals surface area contributed by atoms with E-state index < -0.39 is 11.7 Å². The Morgan fingerprint density at radius 1 is 1.41 bits per heavy atom. The van der Waals surface area contributed by atoms with E-state index in [1.54, 1.807) is 12.3 Å². The Kier molecular flexibility index (Phi) is 6.25. The van der Waals surface area contributed by atoms with Crippen molar-refractivity contribution in [3.05, 3.63) is 24.4 Å². The number of aliphatic imine (C=N–C) groups is 1. The molecule has 1 N–H and O–H groups in total. The third-order valence-corrected chi connectivity index (χ3v) is 1.54. The summed E-state index contributed by atoms with van der Waals surface area (Å²) in [5.41, 5.74) is 1.29. The zero-order valence-corrected chi connectivity index (χ0v) is 11.3. The quantitative estimate of drug-likeness (QED) is 0.765. The molecule has 0 fully saturated rings. The molecule has 0 aromatic carbocycles. The van der Waals surface area contributed by atoms with Gasteiger partial charge in [-0.15, -0.1) is 0 Å². The average Bonchev–Trinajstić information content (AvgIpc) is 2.14. The van der Waals surface area contributed by atoms with Crippen LogP contribution in [0.25, 0.3) is 0 Å². The van der Waals surface area contributed by atoms with E-state index >= 15 is 0 Å². The zero-order valence-electron chi connectivity index (χ0n) is 11.3. The molecule has 4 nitrogen and oxygen atoms in total. The van der Waals surface area contributed by atoms with Crippen LogP contribution in [0.2, 0.25) is 0 Å². The molecular weight excluding hydrogens is 216 g/mol. The van der Waals surface area contributed by atoms with Crippen molar-refractivity contribution in [3.8, 4) is 0 Å². The van der Waals surface area contributed by atoms with Crippen LogP contribution in [-0.2, 0) is 4.74 Å². The Morgan fingerprint density at radius 2 is 2.00 bits per heavy atom. The monoisotopic (exact) mass is 238 g/mol. The van der Waals surface area contributed by atoms with Crippen LogP contribution in [0.15, 0.2) is 29.4 Å². The molecule has 0 saturated heterocycles. The molecular formula is C13H22N2O2. The van der Waals surface area contributed by atoms with Crippen molar-refractivity contribution < 1.29 is 9.53 Å². The van der Waals surface area contributed by atoms with Gasteiger partial charge in [0.05, 0.1) is 12.3 Å². The predicted octanol–water partition coefficient (Wildman–Crippen LogP) is 3.06. The van der Waals surface area contributed by atoms with E-state index in [9.17, 15) is 4.79 Å². The average molecular weight is 238 g/mol. The highest BCUT2D eigenvalue weighted by atomic mass is 16.6. The molecule has 17 heavy (non-hydrogen) atoms. The van der Waals surface area contributed by atoms with Crippen LogP contribution in [0, 0.1) is 0 Å². The van der Waals surface area contributed by atoms with Crippen LogP contribution in [-0.4, -0.2) is 24.0 Å². The summed E-state index contributed by atoms with van der Waals surface area (Å²) in [6, 6.07) is 0. The molecule has 0 saturated carbocycles. The smallest absolute Gasteiger partial charge is 0.407 e. The molecule has 0 atom stereocenters. The maximum atomic E-state index is 11.4. The minimum absolute atomic E-state index is 0.308. The normalized spacial score (nSPS) is 11.7. The fourth-order valence-electron chi connectivity index (χ4n) is 0.859.